The molecular weight excluding hydrogens is 1430 g/mol. The van der Waals surface area contributed by atoms with Crippen LogP contribution in [-0.2, 0) is 89.6 Å². The predicted octanol–water partition coefficient (Wildman–Crippen LogP) is -3.44. The summed E-state index contributed by atoms with van der Waals surface area (Å²) in [6, 6.07) is 16.4. The van der Waals surface area contributed by atoms with Crippen molar-refractivity contribution >= 4 is 119 Å². The Kier molecular flexibility index (Phi) is 34.4. The SMILES string of the molecule is CC(C)[C@H](NC(=O)[C@@H](N)Cc1ccc(O)cc1)C(=O)N[C@@H](CS)C(=O)NCC(=O)N[C@@H](Cc1c[nH]cn1)C(=O)N[C@@H](Cc1ccccc1)C(=O)N[C@@H](CCCNC(=N)N)C(=O)N[C@@H](Cc1c[nH]c2ccccc12)C(=O)N[C@H](CS)C(=O)N[C@@H](CCCNC(=N)N)C(=O)N[C@@H](Cc1ccccc1)C(=O)NCC(N)=O. The highest BCUT2D eigenvalue weighted by Gasteiger charge is 2.36. The molecule has 0 aliphatic heterocycles. The average Bonchev–Trinajstić information content (AvgIpc) is 1.64. The van der Waals surface area contributed by atoms with Crippen LogP contribution in [0.5, 0.6) is 5.75 Å². The van der Waals surface area contributed by atoms with Gasteiger partial charge in [0, 0.05) is 73.6 Å². The Labute approximate surface area is 633 Å². The first-order valence-electron chi connectivity index (χ1n) is 34.7. The number of carbonyl (C=O) groups is 12. The van der Waals surface area contributed by atoms with Crippen LogP contribution in [0.3, 0.4) is 0 Å². The van der Waals surface area contributed by atoms with Gasteiger partial charge >= 0.3 is 0 Å². The lowest BCUT2D eigenvalue weighted by Gasteiger charge is -2.28. The predicted molar refractivity (Wildman–Crippen MR) is 408 cm³/mol. The zero-order valence-corrected chi connectivity index (χ0v) is 61.4. The van der Waals surface area contributed by atoms with Gasteiger partial charge in [0.1, 0.15) is 60.1 Å². The fraction of sp³-hybridized carbons (Fsp3) is 0.394. The zero-order valence-electron chi connectivity index (χ0n) is 59.6. The number of hydrogen-bond donors (Lipinski definition) is 24. The molecule has 0 saturated carbocycles. The number of aromatic nitrogens is 3. The summed E-state index contributed by atoms with van der Waals surface area (Å²) in [7, 11) is 0. The second kappa shape index (κ2) is 43.7. The van der Waals surface area contributed by atoms with Crippen molar-refractivity contribution in [2.45, 2.75) is 132 Å². The van der Waals surface area contributed by atoms with Crippen LogP contribution in [0, 0.1) is 16.7 Å². The number of aromatic hydroxyl groups is 1. The highest BCUT2D eigenvalue weighted by molar-refractivity contribution is 7.80. The third-order valence-corrected chi connectivity index (χ3v) is 17.6. The third kappa shape index (κ3) is 28.6. The number of guanidine groups is 2. The van der Waals surface area contributed by atoms with Crippen molar-refractivity contribution in [2.75, 3.05) is 37.7 Å². The van der Waals surface area contributed by atoms with Gasteiger partial charge in [-0.15, -0.1) is 0 Å². The molecule has 0 radical (unpaired) electrons. The van der Waals surface area contributed by atoms with Crippen molar-refractivity contribution in [1.82, 2.24) is 84.1 Å². The summed E-state index contributed by atoms with van der Waals surface area (Å²) in [5.74, 6) is -12.1. The smallest absolute Gasteiger partial charge is 0.244 e. The van der Waals surface area contributed by atoms with E-state index in [9.17, 15) is 53.1 Å². The van der Waals surface area contributed by atoms with Crippen molar-refractivity contribution in [1.29, 1.82) is 10.8 Å². The molecule has 2 aromatic heterocycles. The van der Waals surface area contributed by atoms with E-state index in [4.69, 9.17) is 33.8 Å². The van der Waals surface area contributed by atoms with Gasteiger partial charge in [0.05, 0.1) is 31.2 Å². The van der Waals surface area contributed by atoms with Crippen molar-refractivity contribution in [3.05, 3.63) is 156 Å². The van der Waals surface area contributed by atoms with Crippen LogP contribution in [0.4, 0.5) is 0 Å². The summed E-state index contributed by atoms with van der Waals surface area (Å²) in [4.78, 5) is 178. The summed E-state index contributed by atoms with van der Waals surface area (Å²) in [6.07, 6.45) is 3.72. The zero-order chi connectivity index (χ0) is 78.8. The molecule has 35 nitrogen and oxygen atoms in total. The van der Waals surface area contributed by atoms with E-state index in [1.165, 1.54) is 24.7 Å². The Morgan fingerprint density at radius 1 is 0.463 bits per heavy atom. The van der Waals surface area contributed by atoms with E-state index in [1.807, 2.05) is 0 Å². The minimum absolute atomic E-state index is 0.0248. The van der Waals surface area contributed by atoms with Crippen LogP contribution >= 0.6 is 25.3 Å². The number of nitrogens with two attached hydrogens (primary N) is 4. The number of thiol groups is 2. The molecule has 0 spiro atoms. The number of nitrogens with one attached hydrogen (secondary N) is 17. The number of H-pyrrole nitrogens is 2. The van der Waals surface area contributed by atoms with Crippen molar-refractivity contribution in [3.8, 4) is 5.75 Å². The number of phenolic OH excluding ortho intramolecular Hbond substituents is 1. The molecule has 0 aliphatic carbocycles. The minimum Gasteiger partial charge on any atom is -0.508 e. The number of hydrogen-bond acceptors (Lipinski definition) is 19. The number of aromatic amines is 2. The molecule has 580 valence electrons. The fourth-order valence-electron chi connectivity index (χ4n) is 11.2. The van der Waals surface area contributed by atoms with Crippen molar-refractivity contribution in [3.63, 3.8) is 0 Å². The average molecular weight is 1530 g/mol. The first-order valence-corrected chi connectivity index (χ1v) is 36.0. The lowest BCUT2D eigenvalue weighted by molar-refractivity contribution is -0.135. The maximum absolute atomic E-state index is 15.1. The van der Waals surface area contributed by atoms with Crippen LogP contribution < -0.4 is 92.1 Å². The largest absolute Gasteiger partial charge is 0.508 e. The van der Waals surface area contributed by atoms with Gasteiger partial charge < -0.3 is 107 Å². The van der Waals surface area contributed by atoms with Gasteiger partial charge in [-0.1, -0.05) is 105 Å². The number of para-hydroxylation sites is 1. The van der Waals surface area contributed by atoms with Crippen LogP contribution in [0.2, 0.25) is 0 Å². The maximum Gasteiger partial charge on any atom is 0.244 e. The van der Waals surface area contributed by atoms with Gasteiger partial charge in [0.2, 0.25) is 70.9 Å². The molecular formula is C71H96N22O13S2. The van der Waals surface area contributed by atoms with Gasteiger partial charge in [-0.2, -0.15) is 25.3 Å². The summed E-state index contributed by atoms with van der Waals surface area (Å²) < 4.78 is 0. The number of primary amides is 1. The first-order chi connectivity index (χ1) is 51.6. The van der Waals surface area contributed by atoms with E-state index in [0.717, 1.165) is 0 Å². The first kappa shape index (κ1) is 85.2. The van der Waals surface area contributed by atoms with Crippen LogP contribution in [0.1, 0.15) is 67.5 Å². The fourth-order valence-corrected chi connectivity index (χ4v) is 11.7. The molecule has 0 aliphatic rings. The minimum atomic E-state index is -1.54. The van der Waals surface area contributed by atoms with Gasteiger partial charge in [-0.3, -0.25) is 68.4 Å². The Hall–Kier alpha value is -11.7. The molecule has 6 aromatic rings. The van der Waals surface area contributed by atoms with Crippen LogP contribution in [-0.4, -0.2) is 201 Å². The van der Waals surface area contributed by atoms with Gasteiger partial charge in [0.25, 0.3) is 0 Å². The second-order valence-electron chi connectivity index (χ2n) is 25.7. The third-order valence-electron chi connectivity index (χ3n) is 16.9. The second-order valence-corrected chi connectivity index (χ2v) is 26.4. The number of nitrogens with zero attached hydrogens (tertiary/aromatic N) is 1. The Bertz CT molecular complexity index is 4040. The number of amides is 12. The highest BCUT2D eigenvalue weighted by Crippen LogP contribution is 2.21. The number of imidazole rings is 1. The highest BCUT2D eigenvalue weighted by atomic mass is 32.1. The summed E-state index contributed by atoms with van der Waals surface area (Å²) in [5.41, 5.74) is 25.9. The Balaban J connectivity index is 1.22. The Morgan fingerprint density at radius 3 is 1.41 bits per heavy atom. The molecule has 6 rings (SSSR count). The molecule has 12 amide bonds. The van der Waals surface area contributed by atoms with Crippen LogP contribution in [0.15, 0.2) is 128 Å². The number of rotatable bonds is 44. The number of carbonyl (C=O) groups excluding carboxylic acids is 12. The summed E-state index contributed by atoms with van der Waals surface area (Å²) in [5, 5.41) is 59.8. The van der Waals surface area contributed by atoms with Gasteiger partial charge in [0.15, 0.2) is 11.9 Å². The quantitative estimate of drug-likeness (QED) is 0.00766. The van der Waals surface area contributed by atoms with E-state index in [2.05, 4.69) is 109 Å². The summed E-state index contributed by atoms with van der Waals surface area (Å²) in [6.45, 7) is 2.15. The molecule has 26 N–H and O–H groups in total. The number of fused-ring (bicyclic) bond motifs is 1. The maximum atomic E-state index is 15.1. The van der Waals surface area contributed by atoms with Crippen molar-refractivity contribution in [2.24, 2.45) is 28.9 Å². The molecule has 10 atom stereocenters. The molecule has 37 heteroatoms. The van der Waals surface area contributed by atoms with E-state index >= 15 is 9.59 Å². The van der Waals surface area contributed by atoms with Gasteiger partial charge in [-0.25, -0.2) is 4.98 Å². The monoisotopic (exact) mass is 1530 g/mol. The lowest BCUT2D eigenvalue weighted by atomic mass is 10.0. The molecule has 0 fully saturated rings. The lowest BCUT2D eigenvalue weighted by Crippen LogP contribution is -2.61. The van der Waals surface area contributed by atoms with E-state index in [-0.39, 0.29) is 99.8 Å². The van der Waals surface area contributed by atoms with E-state index in [0.29, 0.717) is 33.2 Å². The van der Waals surface area contributed by atoms with E-state index < -0.39 is 156 Å². The molecule has 0 saturated heterocycles. The number of benzene rings is 4. The molecule has 0 unspecified atom stereocenters. The molecule has 0 bridgehead atoms. The number of phenols is 1. The molecule has 108 heavy (non-hydrogen) atoms. The topological polar surface area (TPSA) is 578 Å². The van der Waals surface area contributed by atoms with Gasteiger partial charge in [-0.05, 0) is 78.5 Å². The van der Waals surface area contributed by atoms with Crippen LogP contribution in [0.25, 0.3) is 10.9 Å². The Morgan fingerprint density at radius 2 is 0.898 bits per heavy atom. The molecule has 2 heterocycles. The van der Waals surface area contributed by atoms with E-state index in [1.54, 1.807) is 117 Å². The molecule has 4 aromatic carbocycles. The normalized spacial score (nSPS) is 13.8. The standard InChI is InChI=1S/C71H96N22O13S2/c1-39(2)59(93-60(97)47(72)27-42-21-23-45(94)24-22-42)69(106)92-55(36-107)62(99)83-35-58(96)85-54(31-44-33-78-38-84-44)67(104)89-52(29-41-15-7-4-8-16-41)65(102)86-49(19-11-25-79-70(74)75)64(101)90-53(30-43-32-81-48-18-10-9-17-46(43)48)66(103)91-56(37-108)68(105)87-50(20-12-26-80-71(76)77)63(100)88-51(61(98)82-34-57(73)95)28-40-13-5-3-6-14-40/h3-10,13-18,21-24,32-33,38-39,47,49-56,59,81,94,107-108H,11-12,19-20,25-31,34-37,72H2,1-2H3,(H2,73,95)(H,78,84)(H,82,98)(H,83,99)(H,85,96)(H,86,102)(H,87,105)(H,88,100)(H,89,104)(H,90,101)(H,91,103)(H,92,106)(H,93,97)(H4,74,75,79)(H4,76,77,80)/t47-,49-,50-,51-,52-,53-,54-,55-,56+,59-/m0/s1. The van der Waals surface area contributed by atoms with Crippen molar-refractivity contribution < 1.29 is 62.6 Å². The summed E-state index contributed by atoms with van der Waals surface area (Å²) >= 11 is 8.67.